The summed E-state index contributed by atoms with van der Waals surface area (Å²) >= 11 is 0. The lowest BCUT2D eigenvalue weighted by atomic mass is 10.1. The first-order valence-electron chi connectivity index (χ1n) is 6.36. The third-order valence-corrected chi connectivity index (χ3v) is 3.35. The molecule has 1 rings (SSSR count). The molecule has 3 nitrogen and oxygen atoms in total. The summed E-state index contributed by atoms with van der Waals surface area (Å²) in [5.41, 5.74) is 7.30. The summed E-state index contributed by atoms with van der Waals surface area (Å²) in [6.07, 6.45) is 0.659. The Balaban J connectivity index is 2.64. The molecule has 17 heavy (non-hydrogen) atoms. The van der Waals surface area contributed by atoms with Gasteiger partial charge < -0.3 is 10.8 Å². The van der Waals surface area contributed by atoms with E-state index in [-0.39, 0.29) is 0 Å². The molecule has 0 aliphatic carbocycles. The predicted octanol–water partition coefficient (Wildman–Crippen LogP) is 2.42. The van der Waals surface area contributed by atoms with Gasteiger partial charge in [0.05, 0.1) is 6.10 Å². The second kappa shape index (κ2) is 6.62. The Labute approximate surface area is 104 Å². The van der Waals surface area contributed by atoms with Crippen LogP contribution in [0.25, 0.3) is 0 Å². The van der Waals surface area contributed by atoms with Gasteiger partial charge in [-0.05, 0) is 37.6 Å². The molecule has 0 radical (unpaired) electrons. The van der Waals surface area contributed by atoms with E-state index >= 15 is 0 Å². The molecule has 0 fully saturated rings. The SMILES string of the molecule is CCC(C)N(CC)CC(O)c1ccc(N)cc1. The minimum absolute atomic E-state index is 0.440. The third-order valence-electron chi connectivity index (χ3n) is 3.35. The number of anilines is 1. The normalized spacial score (nSPS) is 14.9. The fraction of sp³-hybridized carbons (Fsp3) is 0.571. The van der Waals surface area contributed by atoms with Crippen LogP contribution < -0.4 is 5.73 Å². The molecule has 0 bridgehead atoms. The smallest absolute Gasteiger partial charge is 0.0917 e. The number of hydrogen-bond donors (Lipinski definition) is 2. The number of aliphatic hydroxyl groups excluding tert-OH is 1. The number of likely N-dealkylation sites (N-methyl/N-ethyl adjacent to an activating group) is 1. The highest BCUT2D eigenvalue weighted by molar-refractivity contribution is 5.39. The molecule has 0 aliphatic rings. The van der Waals surface area contributed by atoms with Gasteiger partial charge in [0.15, 0.2) is 0 Å². The lowest BCUT2D eigenvalue weighted by Crippen LogP contribution is -2.35. The molecule has 0 amide bonds. The maximum absolute atomic E-state index is 10.2. The van der Waals surface area contributed by atoms with E-state index in [0.717, 1.165) is 24.2 Å². The minimum Gasteiger partial charge on any atom is -0.399 e. The summed E-state index contributed by atoms with van der Waals surface area (Å²) in [7, 11) is 0. The average molecular weight is 236 g/mol. The molecule has 0 aliphatic heterocycles. The van der Waals surface area contributed by atoms with Gasteiger partial charge in [-0.1, -0.05) is 26.0 Å². The van der Waals surface area contributed by atoms with Gasteiger partial charge in [-0.15, -0.1) is 0 Å². The molecule has 2 atom stereocenters. The maximum atomic E-state index is 10.2. The number of rotatable bonds is 6. The lowest BCUT2D eigenvalue weighted by Gasteiger charge is -2.29. The van der Waals surface area contributed by atoms with E-state index in [9.17, 15) is 5.11 Å². The van der Waals surface area contributed by atoms with Crippen molar-refractivity contribution in [3.63, 3.8) is 0 Å². The van der Waals surface area contributed by atoms with Gasteiger partial charge >= 0.3 is 0 Å². The molecular weight excluding hydrogens is 212 g/mol. The first-order chi connectivity index (χ1) is 8.08. The van der Waals surface area contributed by atoms with E-state index in [1.54, 1.807) is 0 Å². The van der Waals surface area contributed by atoms with Crippen LogP contribution in [0.2, 0.25) is 0 Å². The molecule has 1 aromatic rings. The lowest BCUT2D eigenvalue weighted by molar-refractivity contribution is 0.0935. The monoisotopic (exact) mass is 236 g/mol. The van der Waals surface area contributed by atoms with Crippen LogP contribution in [0.4, 0.5) is 5.69 Å². The van der Waals surface area contributed by atoms with E-state index in [0.29, 0.717) is 12.6 Å². The molecule has 0 saturated carbocycles. The fourth-order valence-electron chi connectivity index (χ4n) is 1.92. The number of nitrogens with two attached hydrogens (primary N) is 1. The van der Waals surface area contributed by atoms with Crippen LogP contribution in [0, 0.1) is 0 Å². The van der Waals surface area contributed by atoms with Crippen LogP contribution in [0.15, 0.2) is 24.3 Å². The number of hydrogen-bond acceptors (Lipinski definition) is 3. The van der Waals surface area contributed by atoms with Gasteiger partial charge in [0.25, 0.3) is 0 Å². The van der Waals surface area contributed by atoms with Crippen molar-refractivity contribution in [3.8, 4) is 0 Å². The zero-order valence-corrected chi connectivity index (χ0v) is 11.1. The summed E-state index contributed by atoms with van der Waals surface area (Å²) in [4.78, 5) is 2.29. The van der Waals surface area contributed by atoms with Crippen molar-refractivity contribution in [1.29, 1.82) is 0 Å². The molecular formula is C14H24N2O. The third kappa shape index (κ3) is 4.02. The topological polar surface area (TPSA) is 49.5 Å². The summed E-state index contributed by atoms with van der Waals surface area (Å²) in [6, 6.07) is 7.95. The molecule has 96 valence electrons. The maximum Gasteiger partial charge on any atom is 0.0917 e. The van der Waals surface area contributed by atoms with Crippen molar-refractivity contribution < 1.29 is 5.11 Å². The van der Waals surface area contributed by atoms with Crippen LogP contribution in [-0.4, -0.2) is 29.1 Å². The Hall–Kier alpha value is -1.06. The second-order valence-corrected chi connectivity index (χ2v) is 4.53. The van der Waals surface area contributed by atoms with Gasteiger partial charge in [-0.25, -0.2) is 0 Å². The standard InChI is InChI=1S/C14H24N2O/c1-4-11(3)16(5-2)10-14(17)12-6-8-13(15)9-7-12/h6-9,11,14,17H,4-5,10,15H2,1-3H3. The summed E-state index contributed by atoms with van der Waals surface area (Å²) in [6.45, 7) is 8.13. The number of nitrogens with zero attached hydrogens (tertiary/aromatic N) is 1. The first-order valence-corrected chi connectivity index (χ1v) is 6.36. The Bertz CT molecular complexity index is 323. The van der Waals surface area contributed by atoms with Crippen molar-refractivity contribution in [2.45, 2.75) is 39.3 Å². The highest BCUT2D eigenvalue weighted by atomic mass is 16.3. The number of aliphatic hydroxyl groups is 1. The van der Waals surface area contributed by atoms with Crippen molar-refractivity contribution in [1.82, 2.24) is 4.90 Å². The van der Waals surface area contributed by atoms with Crippen LogP contribution in [0.1, 0.15) is 38.9 Å². The molecule has 0 spiro atoms. The molecule has 3 heteroatoms. The van der Waals surface area contributed by atoms with Gasteiger partial charge in [0.1, 0.15) is 0 Å². The van der Waals surface area contributed by atoms with Crippen molar-refractivity contribution in [3.05, 3.63) is 29.8 Å². The highest BCUT2D eigenvalue weighted by Gasteiger charge is 2.15. The van der Waals surface area contributed by atoms with Crippen molar-refractivity contribution in [2.24, 2.45) is 0 Å². The largest absolute Gasteiger partial charge is 0.399 e. The van der Waals surface area contributed by atoms with Crippen LogP contribution in [0.5, 0.6) is 0 Å². The summed E-state index contributed by atoms with van der Waals surface area (Å²) < 4.78 is 0. The quantitative estimate of drug-likeness (QED) is 0.746. The van der Waals surface area contributed by atoms with Gasteiger partial charge in [0, 0.05) is 18.3 Å². The Morgan fingerprint density at radius 2 is 1.82 bits per heavy atom. The summed E-state index contributed by atoms with van der Waals surface area (Å²) in [5, 5.41) is 10.2. The van der Waals surface area contributed by atoms with Gasteiger partial charge in [0.2, 0.25) is 0 Å². The molecule has 2 unspecified atom stereocenters. The Kier molecular flexibility index (Phi) is 5.45. The van der Waals surface area contributed by atoms with Crippen LogP contribution >= 0.6 is 0 Å². The molecule has 0 saturated heterocycles. The molecule has 0 aromatic heterocycles. The van der Waals surface area contributed by atoms with E-state index in [2.05, 4.69) is 25.7 Å². The average Bonchev–Trinajstić information content (AvgIpc) is 2.35. The zero-order chi connectivity index (χ0) is 12.8. The van der Waals surface area contributed by atoms with Gasteiger partial charge in [-0.2, -0.15) is 0 Å². The number of benzene rings is 1. The van der Waals surface area contributed by atoms with E-state index in [1.165, 1.54) is 0 Å². The van der Waals surface area contributed by atoms with E-state index in [4.69, 9.17) is 5.73 Å². The Morgan fingerprint density at radius 3 is 2.29 bits per heavy atom. The first kappa shape index (κ1) is 14.0. The molecule has 1 aromatic carbocycles. The Morgan fingerprint density at radius 1 is 1.24 bits per heavy atom. The minimum atomic E-state index is -0.440. The van der Waals surface area contributed by atoms with Crippen molar-refractivity contribution in [2.75, 3.05) is 18.8 Å². The molecule has 3 N–H and O–H groups in total. The zero-order valence-electron chi connectivity index (χ0n) is 11.1. The van der Waals surface area contributed by atoms with Crippen LogP contribution in [-0.2, 0) is 0 Å². The highest BCUT2D eigenvalue weighted by Crippen LogP contribution is 2.17. The molecule has 0 heterocycles. The van der Waals surface area contributed by atoms with Crippen molar-refractivity contribution >= 4 is 5.69 Å². The van der Waals surface area contributed by atoms with E-state index < -0.39 is 6.10 Å². The number of nitrogen functional groups attached to an aromatic ring is 1. The summed E-state index contributed by atoms with van der Waals surface area (Å²) in [5.74, 6) is 0. The second-order valence-electron chi connectivity index (χ2n) is 4.53. The van der Waals surface area contributed by atoms with Gasteiger partial charge in [-0.3, -0.25) is 4.90 Å². The van der Waals surface area contributed by atoms with E-state index in [1.807, 2.05) is 24.3 Å². The fourth-order valence-corrected chi connectivity index (χ4v) is 1.92. The van der Waals surface area contributed by atoms with Crippen LogP contribution in [0.3, 0.4) is 0 Å². The predicted molar refractivity (Wildman–Crippen MR) is 72.8 cm³/mol.